The van der Waals surface area contributed by atoms with E-state index >= 15 is 0 Å². The lowest BCUT2D eigenvalue weighted by Crippen LogP contribution is -2.05. The molecule has 1 aromatic heterocycles. The maximum atomic E-state index is 8.80. The lowest BCUT2D eigenvalue weighted by atomic mass is 10.2. The molecule has 1 atom stereocenters. The Bertz CT molecular complexity index is 320. The first-order valence-electron chi connectivity index (χ1n) is 4.06. The number of rotatable bonds is 4. The minimum atomic E-state index is -0.623. The van der Waals surface area contributed by atoms with Crippen LogP contribution in [0.15, 0.2) is 18.3 Å². The maximum absolute atomic E-state index is 8.80. The molecule has 0 aliphatic carbocycles. The zero-order chi connectivity index (χ0) is 10.4. The van der Waals surface area contributed by atoms with Gasteiger partial charge >= 0.3 is 0 Å². The van der Waals surface area contributed by atoms with Gasteiger partial charge in [-0.2, -0.15) is 5.26 Å². The van der Waals surface area contributed by atoms with Crippen LogP contribution in [0, 0.1) is 11.3 Å². The van der Waals surface area contributed by atoms with Gasteiger partial charge in [-0.1, -0.05) is 6.07 Å². The van der Waals surface area contributed by atoms with Crippen molar-refractivity contribution in [2.45, 2.75) is 6.10 Å². The average Bonchev–Trinajstić information content (AvgIpc) is 2.21. The summed E-state index contributed by atoms with van der Waals surface area (Å²) in [5.74, 6) is 0.781. The second kappa shape index (κ2) is 5.43. The Labute approximate surface area is 87.3 Å². The lowest BCUT2D eigenvalue weighted by Gasteiger charge is -2.09. The molecule has 1 heterocycles. The highest BCUT2D eigenvalue weighted by molar-refractivity contribution is 6.17. The zero-order valence-corrected chi connectivity index (χ0v) is 8.24. The van der Waals surface area contributed by atoms with Crippen LogP contribution in [0.5, 0.6) is 0 Å². The topological polar surface area (TPSA) is 71.9 Å². The zero-order valence-electron chi connectivity index (χ0n) is 7.48. The van der Waals surface area contributed by atoms with E-state index in [9.17, 15) is 0 Å². The highest BCUT2D eigenvalue weighted by Crippen LogP contribution is 2.15. The van der Waals surface area contributed by atoms with Gasteiger partial charge in [-0.15, -0.1) is 11.6 Å². The average molecular weight is 212 g/mol. The summed E-state index contributed by atoms with van der Waals surface area (Å²) in [6, 6.07) is 5.35. The fraction of sp³-hybridized carbons (Fsp3) is 0.333. The van der Waals surface area contributed by atoms with Crippen molar-refractivity contribution in [3.05, 3.63) is 23.9 Å². The number of alkyl halides is 1. The van der Waals surface area contributed by atoms with Crippen LogP contribution < -0.4 is 5.73 Å². The number of hydrogen-bond donors (Lipinski definition) is 1. The van der Waals surface area contributed by atoms with E-state index < -0.39 is 6.10 Å². The molecule has 0 aliphatic heterocycles. The molecular formula is C9H10ClN3O. The van der Waals surface area contributed by atoms with Gasteiger partial charge in [0.1, 0.15) is 5.82 Å². The summed E-state index contributed by atoms with van der Waals surface area (Å²) in [4.78, 5) is 3.87. The number of halogens is 1. The summed E-state index contributed by atoms with van der Waals surface area (Å²) in [6.45, 7) is 0.337. The molecule has 0 radical (unpaired) electrons. The predicted octanol–water partition coefficient (Wildman–Crippen LogP) is 1.48. The van der Waals surface area contributed by atoms with Gasteiger partial charge in [-0.25, -0.2) is 4.98 Å². The predicted molar refractivity (Wildman–Crippen MR) is 53.7 cm³/mol. The molecule has 14 heavy (non-hydrogen) atoms. The van der Waals surface area contributed by atoms with E-state index in [1.54, 1.807) is 12.1 Å². The number of hydrogen-bond acceptors (Lipinski definition) is 4. The highest BCUT2D eigenvalue weighted by atomic mass is 35.5. The molecule has 0 fully saturated rings. The third-order valence-corrected chi connectivity index (χ3v) is 1.75. The molecule has 0 aliphatic rings. The minimum absolute atomic E-state index is 0.337. The molecule has 2 N–H and O–H groups in total. The highest BCUT2D eigenvalue weighted by Gasteiger charge is 2.10. The molecule has 1 rings (SSSR count). The van der Waals surface area contributed by atoms with Crippen LogP contribution in [-0.2, 0) is 4.74 Å². The molecular weight excluding hydrogens is 202 g/mol. The van der Waals surface area contributed by atoms with Crippen LogP contribution in [0.1, 0.15) is 11.7 Å². The third-order valence-electron chi connectivity index (χ3n) is 1.59. The number of pyridine rings is 1. The molecule has 0 saturated heterocycles. The van der Waals surface area contributed by atoms with Crippen LogP contribution in [-0.4, -0.2) is 17.5 Å². The summed E-state index contributed by atoms with van der Waals surface area (Å²) in [7, 11) is 0. The largest absolute Gasteiger partial charge is 0.384 e. The van der Waals surface area contributed by atoms with Crippen LogP contribution in [0.25, 0.3) is 0 Å². The SMILES string of the molecule is N#CC(OCCCl)c1ccc(N)nc1. The molecule has 1 unspecified atom stereocenters. The second-order valence-corrected chi connectivity index (χ2v) is 2.96. The van der Waals surface area contributed by atoms with Crippen molar-refractivity contribution in [3.8, 4) is 6.07 Å². The number of anilines is 1. The smallest absolute Gasteiger partial charge is 0.170 e. The van der Waals surface area contributed by atoms with Crippen LogP contribution >= 0.6 is 11.6 Å². The van der Waals surface area contributed by atoms with Crippen LogP contribution in [0.2, 0.25) is 0 Å². The van der Waals surface area contributed by atoms with Crippen LogP contribution in [0.3, 0.4) is 0 Å². The summed E-state index contributed by atoms with van der Waals surface area (Å²) < 4.78 is 5.19. The Kier molecular flexibility index (Phi) is 4.17. The van der Waals surface area contributed by atoms with Gasteiger partial charge in [0.2, 0.25) is 0 Å². The van der Waals surface area contributed by atoms with Crippen molar-refractivity contribution < 1.29 is 4.74 Å². The fourth-order valence-corrected chi connectivity index (χ4v) is 1.03. The molecule has 4 nitrogen and oxygen atoms in total. The molecule has 0 saturated carbocycles. The Morgan fingerprint density at radius 3 is 2.93 bits per heavy atom. The third kappa shape index (κ3) is 2.87. The number of nitriles is 1. The minimum Gasteiger partial charge on any atom is -0.384 e. The van der Waals surface area contributed by atoms with E-state index in [0.717, 1.165) is 0 Å². The normalized spacial score (nSPS) is 12.0. The summed E-state index contributed by atoms with van der Waals surface area (Å²) in [5, 5.41) is 8.80. The second-order valence-electron chi connectivity index (χ2n) is 2.59. The summed E-state index contributed by atoms with van der Waals surface area (Å²) >= 11 is 5.45. The number of nitrogens with two attached hydrogens (primary N) is 1. The van der Waals surface area contributed by atoms with E-state index in [1.165, 1.54) is 6.20 Å². The summed E-state index contributed by atoms with van der Waals surface area (Å²) in [5.41, 5.74) is 6.10. The van der Waals surface area contributed by atoms with Crippen molar-refractivity contribution in [1.29, 1.82) is 5.26 Å². The Hall–Kier alpha value is -1.31. The molecule has 74 valence electrons. The number of nitrogen functional groups attached to an aromatic ring is 1. The van der Waals surface area contributed by atoms with Crippen molar-refractivity contribution in [1.82, 2.24) is 4.98 Å². The van der Waals surface area contributed by atoms with Crippen molar-refractivity contribution in [3.63, 3.8) is 0 Å². The Balaban J connectivity index is 2.70. The standard InChI is InChI=1S/C9H10ClN3O/c10-3-4-14-8(5-11)7-1-2-9(12)13-6-7/h1-2,6,8H,3-4H2,(H2,12,13). The van der Waals surface area contributed by atoms with Gasteiger partial charge < -0.3 is 10.5 Å². The monoisotopic (exact) mass is 211 g/mol. The molecule has 1 aromatic rings. The quantitative estimate of drug-likeness (QED) is 0.766. The molecule has 0 aromatic carbocycles. The molecule has 0 amide bonds. The van der Waals surface area contributed by atoms with Gasteiger partial charge in [0.05, 0.1) is 12.7 Å². The number of nitrogens with zero attached hydrogens (tertiary/aromatic N) is 2. The van der Waals surface area contributed by atoms with Crippen molar-refractivity contribution in [2.24, 2.45) is 0 Å². The Morgan fingerprint density at radius 2 is 2.43 bits per heavy atom. The van der Waals surface area contributed by atoms with Crippen molar-refractivity contribution >= 4 is 17.4 Å². The van der Waals surface area contributed by atoms with E-state index in [2.05, 4.69) is 4.98 Å². The van der Waals surface area contributed by atoms with Gasteiger partial charge in [0.25, 0.3) is 0 Å². The maximum Gasteiger partial charge on any atom is 0.170 e. The first-order valence-corrected chi connectivity index (χ1v) is 4.60. The van der Waals surface area contributed by atoms with E-state index in [0.29, 0.717) is 23.9 Å². The molecule has 0 spiro atoms. The lowest BCUT2D eigenvalue weighted by molar-refractivity contribution is 0.103. The Morgan fingerprint density at radius 1 is 1.64 bits per heavy atom. The van der Waals surface area contributed by atoms with Crippen LogP contribution in [0.4, 0.5) is 5.82 Å². The first-order chi connectivity index (χ1) is 6.77. The number of ether oxygens (including phenoxy) is 1. The van der Waals surface area contributed by atoms with Gasteiger partial charge in [-0.05, 0) is 6.07 Å². The van der Waals surface area contributed by atoms with Gasteiger partial charge in [0, 0.05) is 17.6 Å². The molecule has 5 heteroatoms. The van der Waals surface area contributed by atoms with Gasteiger partial charge in [-0.3, -0.25) is 0 Å². The summed E-state index contributed by atoms with van der Waals surface area (Å²) in [6.07, 6.45) is 0.902. The van der Waals surface area contributed by atoms with E-state index in [4.69, 9.17) is 27.3 Å². The molecule has 0 bridgehead atoms. The van der Waals surface area contributed by atoms with Crippen molar-refractivity contribution in [2.75, 3.05) is 18.2 Å². The van der Waals surface area contributed by atoms with E-state index in [1.807, 2.05) is 6.07 Å². The fourth-order valence-electron chi connectivity index (χ4n) is 0.942. The van der Waals surface area contributed by atoms with E-state index in [-0.39, 0.29) is 0 Å². The number of aromatic nitrogens is 1. The van der Waals surface area contributed by atoms with Gasteiger partial charge in [0.15, 0.2) is 6.10 Å². The first kappa shape index (κ1) is 10.8.